The Morgan fingerprint density at radius 1 is 0.960 bits per heavy atom. The monoisotopic (exact) mass is 359 g/mol. The van der Waals surface area contributed by atoms with Crippen LogP contribution in [0.25, 0.3) is 21.7 Å². The Morgan fingerprint density at radius 2 is 1.68 bits per heavy atom. The molecule has 5 heteroatoms. The Hall–Kier alpha value is -2.14. The lowest BCUT2D eigenvalue weighted by atomic mass is 9.71. The summed E-state index contributed by atoms with van der Waals surface area (Å²) in [5.41, 5.74) is 2.46. The average Bonchev–Trinajstić information content (AvgIpc) is 2.86. The molecule has 1 aliphatic carbocycles. The molecule has 1 aromatic heterocycles. The van der Waals surface area contributed by atoms with Crippen LogP contribution in [0.5, 0.6) is 0 Å². The lowest BCUT2D eigenvalue weighted by molar-refractivity contribution is 0.358. The molecule has 0 radical (unpaired) electrons. The minimum atomic E-state index is -0.967. The molecule has 0 saturated heterocycles. The lowest BCUT2D eigenvalue weighted by Crippen LogP contribution is -2.21. The van der Waals surface area contributed by atoms with Gasteiger partial charge in [-0.05, 0) is 28.2 Å². The van der Waals surface area contributed by atoms with Crippen molar-refractivity contribution >= 4 is 11.3 Å². The maximum absolute atomic E-state index is 14.8. The zero-order valence-corrected chi connectivity index (χ0v) is 14.8. The number of thiazole rings is 1. The molecule has 1 nitrogen and oxygen atoms in total. The van der Waals surface area contributed by atoms with E-state index < -0.39 is 16.9 Å². The molecule has 4 rings (SSSR count). The van der Waals surface area contributed by atoms with Gasteiger partial charge in [0.2, 0.25) is 0 Å². The van der Waals surface area contributed by atoms with Crippen LogP contribution in [0, 0.1) is 22.3 Å². The van der Waals surface area contributed by atoms with Crippen molar-refractivity contribution in [2.24, 2.45) is 5.41 Å². The molecule has 1 atom stereocenters. The summed E-state index contributed by atoms with van der Waals surface area (Å²) in [7, 11) is 0. The molecule has 1 heterocycles. The predicted molar refractivity (Wildman–Crippen MR) is 94.2 cm³/mol. The van der Waals surface area contributed by atoms with Crippen molar-refractivity contribution in [1.29, 1.82) is 0 Å². The van der Waals surface area contributed by atoms with Crippen molar-refractivity contribution in [2.45, 2.75) is 26.7 Å². The van der Waals surface area contributed by atoms with Crippen LogP contribution in [0.3, 0.4) is 0 Å². The Labute approximate surface area is 148 Å². The lowest BCUT2D eigenvalue weighted by Gasteiger charge is -2.33. The largest absolute Gasteiger partial charge is 0.270 e. The molecule has 0 aliphatic heterocycles. The fourth-order valence-corrected chi connectivity index (χ4v) is 4.59. The number of hydrogen-bond donors (Lipinski definition) is 0. The number of hydrogen-bond acceptors (Lipinski definition) is 2. The quantitative estimate of drug-likeness (QED) is 0.453. The van der Waals surface area contributed by atoms with Crippen molar-refractivity contribution in [3.63, 3.8) is 0 Å². The van der Waals surface area contributed by atoms with Gasteiger partial charge in [-0.3, -0.25) is 0 Å². The van der Waals surface area contributed by atoms with Crippen molar-refractivity contribution < 1.29 is 13.2 Å². The first-order valence-corrected chi connectivity index (χ1v) is 8.84. The second-order valence-electron chi connectivity index (χ2n) is 7.36. The van der Waals surface area contributed by atoms with Gasteiger partial charge >= 0.3 is 0 Å². The van der Waals surface area contributed by atoms with Crippen LogP contribution in [0.4, 0.5) is 13.2 Å². The highest BCUT2D eigenvalue weighted by atomic mass is 32.1. The third kappa shape index (κ3) is 2.41. The average molecular weight is 359 g/mol. The molecule has 2 aromatic carbocycles. The number of nitrogens with zero attached hydrogens (tertiary/aromatic N) is 1. The summed E-state index contributed by atoms with van der Waals surface area (Å²) in [4.78, 5) is 4.46. The van der Waals surface area contributed by atoms with E-state index in [2.05, 4.69) is 25.8 Å². The third-order valence-electron chi connectivity index (χ3n) is 4.66. The summed E-state index contributed by atoms with van der Waals surface area (Å²) in [5, 5.41) is -0.649. The first-order chi connectivity index (χ1) is 11.8. The zero-order chi connectivity index (χ0) is 17.9. The first-order valence-electron chi connectivity index (χ1n) is 8.03. The second kappa shape index (κ2) is 5.43. The molecule has 0 bridgehead atoms. The molecule has 0 fully saturated rings. The van der Waals surface area contributed by atoms with Crippen LogP contribution < -0.4 is 0 Å². The first kappa shape index (κ1) is 16.3. The zero-order valence-electron chi connectivity index (χ0n) is 14.0. The predicted octanol–water partition coefficient (Wildman–Crippen LogP) is 6.39. The highest BCUT2D eigenvalue weighted by molar-refractivity contribution is 7.14. The SMILES string of the molecule is CC(C)(C)C1c2ccccc2-c2sc(F)nc2-c2c1ccc(F)c2F. The molecule has 1 aliphatic rings. The summed E-state index contributed by atoms with van der Waals surface area (Å²) < 4.78 is 42.8. The van der Waals surface area contributed by atoms with Gasteiger partial charge in [-0.2, -0.15) is 4.39 Å². The molecule has 25 heavy (non-hydrogen) atoms. The van der Waals surface area contributed by atoms with E-state index in [0.29, 0.717) is 10.4 Å². The van der Waals surface area contributed by atoms with Gasteiger partial charge in [0.1, 0.15) is 0 Å². The molecule has 0 amide bonds. The molecule has 0 spiro atoms. The van der Waals surface area contributed by atoms with Crippen molar-refractivity contribution in [1.82, 2.24) is 4.98 Å². The van der Waals surface area contributed by atoms with E-state index in [-0.39, 0.29) is 22.6 Å². The Morgan fingerprint density at radius 3 is 2.40 bits per heavy atom. The van der Waals surface area contributed by atoms with E-state index >= 15 is 0 Å². The van der Waals surface area contributed by atoms with E-state index in [1.54, 1.807) is 6.07 Å². The Bertz CT molecular complexity index is 985. The van der Waals surface area contributed by atoms with Gasteiger partial charge in [0.15, 0.2) is 11.6 Å². The van der Waals surface area contributed by atoms with Gasteiger partial charge in [-0.1, -0.05) is 62.4 Å². The Kier molecular flexibility index (Phi) is 3.55. The molecule has 1 unspecified atom stereocenters. The molecule has 0 N–H and O–H groups in total. The second-order valence-corrected chi connectivity index (χ2v) is 8.31. The van der Waals surface area contributed by atoms with Crippen LogP contribution in [-0.4, -0.2) is 4.98 Å². The Balaban J connectivity index is 2.20. The van der Waals surface area contributed by atoms with Crippen LogP contribution in [0.1, 0.15) is 37.8 Å². The van der Waals surface area contributed by atoms with Crippen LogP contribution >= 0.6 is 11.3 Å². The maximum atomic E-state index is 14.8. The standard InChI is InChI=1S/C20H16F3NS/c1-20(2,3)15-10-6-4-5-7-11(10)18-17(24-19(23)25-18)14-12(15)8-9-13(21)16(14)22/h4-9,15H,1-3H3. The van der Waals surface area contributed by atoms with Crippen molar-refractivity contribution in [2.75, 3.05) is 0 Å². The van der Waals surface area contributed by atoms with E-state index in [9.17, 15) is 13.2 Å². The molecular formula is C20H16F3NS. The van der Waals surface area contributed by atoms with E-state index in [1.807, 2.05) is 24.3 Å². The minimum Gasteiger partial charge on any atom is -0.209 e. The van der Waals surface area contributed by atoms with E-state index in [0.717, 1.165) is 28.5 Å². The molecule has 128 valence electrons. The molecular weight excluding hydrogens is 343 g/mol. The van der Waals surface area contributed by atoms with Gasteiger partial charge in [-0.25, -0.2) is 13.8 Å². The van der Waals surface area contributed by atoms with Gasteiger partial charge in [-0.15, -0.1) is 0 Å². The number of aromatic nitrogens is 1. The summed E-state index contributed by atoms with van der Waals surface area (Å²) in [6.45, 7) is 6.19. The van der Waals surface area contributed by atoms with Gasteiger partial charge in [0, 0.05) is 11.5 Å². The summed E-state index contributed by atoms with van der Waals surface area (Å²) in [6, 6.07) is 10.4. The fraction of sp³-hybridized carbons (Fsp3) is 0.250. The van der Waals surface area contributed by atoms with Gasteiger partial charge in [0.05, 0.1) is 10.6 Å². The van der Waals surface area contributed by atoms with Gasteiger partial charge in [0.25, 0.3) is 5.26 Å². The van der Waals surface area contributed by atoms with E-state index in [4.69, 9.17) is 0 Å². The summed E-state index contributed by atoms with van der Waals surface area (Å²) in [5.74, 6) is -2.08. The minimum absolute atomic E-state index is 0.0753. The van der Waals surface area contributed by atoms with Crippen LogP contribution in [0.15, 0.2) is 36.4 Å². The van der Waals surface area contributed by atoms with Crippen molar-refractivity contribution in [3.05, 3.63) is 64.4 Å². The smallest absolute Gasteiger partial charge is 0.209 e. The van der Waals surface area contributed by atoms with Crippen LogP contribution in [-0.2, 0) is 0 Å². The summed E-state index contributed by atoms with van der Waals surface area (Å²) >= 11 is 0.870. The topological polar surface area (TPSA) is 12.9 Å². The van der Waals surface area contributed by atoms with Crippen molar-refractivity contribution in [3.8, 4) is 21.7 Å². The maximum Gasteiger partial charge on any atom is 0.270 e. The number of benzene rings is 2. The third-order valence-corrected chi connectivity index (χ3v) is 5.54. The highest BCUT2D eigenvalue weighted by Crippen LogP contribution is 2.53. The van der Waals surface area contributed by atoms with Gasteiger partial charge < -0.3 is 0 Å². The summed E-state index contributed by atoms with van der Waals surface area (Å²) in [6.07, 6.45) is 0. The fourth-order valence-electron chi connectivity index (χ4n) is 3.75. The number of rotatable bonds is 0. The molecule has 0 saturated carbocycles. The number of fused-ring (bicyclic) bond motifs is 5. The molecule has 3 aromatic rings. The van der Waals surface area contributed by atoms with E-state index in [1.165, 1.54) is 0 Å². The highest BCUT2D eigenvalue weighted by Gasteiger charge is 2.38. The van der Waals surface area contributed by atoms with Crippen LogP contribution in [0.2, 0.25) is 0 Å². The normalized spacial score (nSPS) is 16.0. The number of halogens is 3.